The quantitative estimate of drug-likeness (QED) is 0.632. The van der Waals surface area contributed by atoms with E-state index in [1.165, 1.54) is 23.5 Å². The Kier molecular flexibility index (Phi) is 4.26. The maximum atomic E-state index is 12.1. The molecule has 124 valence electrons. The topological polar surface area (TPSA) is 122 Å². The van der Waals surface area contributed by atoms with Crippen LogP contribution in [-0.4, -0.2) is 32.9 Å². The van der Waals surface area contributed by atoms with Gasteiger partial charge < -0.3 is 10.4 Å². The summed E-state index contributed by atoms with van der Waals surface area (Å²) in [6.07, 6.45) is 0.862. The van der Waals surface area contributed by atoms with E-state index in [9.17, 15) is 19.7 Å². The first-order chi connectivity index (χ1) is 11.4. The van der Waals surface area contributed by atoms with Crippen LogP contribution in [0.15, 0.2) is 29.6 Å². The lowest BCUT2D eigenvalue weighted by atomic mass is 9.80. The summed E-state index contributed by atoms with van der Waals surface area (Å²) in [4.78, 5) is 37.3. The molecule has 1 amide bonds. The van der Waals surface area contributed by atoms with E-state index >= 15 is 0 Å². The van der Waals surface area contributed by atoms with Gasteiger partial charge in [-0.2, -0.15) is 0 Å². The second-order valence-electron chi connectivity index (χ2n) is 5.52. The van der Waals surface area contributed by atoms with Crippen molar-refractivity contribution in [2.75, 3.05) is 0 Å². The van der Waals surface area contributed by atoms with Gasteiger partial charge in [-0.15, -0.1) is 11.3 Å². The van der Waals surface area contributed by atoms with Gasteiger partial charge >= 0.3 is 5.97 Å². The van der Waals surface area contributed by atoms with Crippen molar-refractivity contribution in [1.29, 1.82) is 0 Å². The molecule has 1 heterocycles. The van der Waals surface area contributed by atoms with Crippen molar-refractivity contribution in [3.8, 4) is 10.6 Å². The number of nitro groups is 1. The Morgan fingerprint density at radius 1 is 1.29 bits per heavy atom. The molecule has 0 radical (unpaired) electrons. The average Bonchev–Trinajstić information content (AvgIpc) is 3.00. The van der Waals surface area contributed by atoms with E-state index in [-0.39, 0.29) is 29.2 Å². The minimum Gasteiger partial charge on any atom is -0.481 e. The summed E-state index contributed by atoms with van der Waals surface area (Å²) in [7, 11) is 0. The van der Waals surface area contributed by atoms with Crippen LogP contribution in [0.4, 0.5) is 5.69 Å². The van der Waals surface area contributed by atoms with Gasteiger partial charge in [0.1, 0.15) is 10.7 Å². The number of carboxylic acid groups (broad SMARTS) is 1. The van der Waals surface area contributed by atoms with E-state index in [0.717, 1.165) is 0 Å². The van der Waals surface area contributed by atoms with Gasteiger partial charge in [0.2, 0.25) is 0 Å². The van der Waals surface area contributed by atoms with Crippen molar-refractivity contribution in [2.24, 2.45) is 5.92 Å². The molecule has 0 unspecified atom stereocenters. The lowest BCUT2D eigenvalue weighted by Gasteiger charge is -2.32. The molecule has 0 bridgehead atoms. The molecular weight excluding hydrogens is 334 g/mol. The minimum absolute atomic E-state index is 0.00811. The number of amides is 1. The van der Waals surface area contributed by atoms with Crippen molar-refractivity contribution in [3.63, 3.8) is 0 Å². The summed E-state index contributed by atoms with van der Waals surface area (Å²) in [6.45, 7) is 0. The molecule has 1 aliphatic rings. The van der Waals surface area contributed by atoms with E-state index in [0.29, 0.717) is 23.4 Å². The van der Waals surface area contributed by atoms with Crippen molar-refractivity contribution in [2.45, 2.75) is 18.9 Å². The fraction of sp³-hybridized carbons (Fsp3) is 0.267. The van der Waals surface area contributed by atoms with Crippen LogP contribution >= 0.6 is 11.3 Å². The van der Waals surface area contributed by atoms with Crippen molar-refractivity contribution in [1.82, 2.24) is 10.3 Å². The predicted octanol–water partition coefficient (Wildman–Crippen LogP) is 2.31. The summed E-state index contributed by atoms with van der Waals surface area (Å²) in [5.74, 6) is -1.57. The molecule has 9 heteroatoms. The highest BCUT2D eigenvalue weighted by Crippen LogP contribution is 2.29. The SMILES string of the molecule is O=C(NC1CC(C(=O)O)C1)c1csc(-c2ccc([N+](=O)[O-])cc2)n1. The van der Waals surface area contributed by atoms with E-state index in [1.54, 1.807) is 17.5 Å². The molecule has 1 saturated carbocycles. The van der Waals surface area contributed by atoms with Gasteiger partial charge in [0.25, 0.3) is 11.6 Å². The maximum absolute atomic E-state index is 12.1. The highest BCUT2D eigenvalue weighted by molar-refractivity contribution is 7.13. The number of benzene rings is 1. The van der Waals surface area contributed by atoms with E-state index in [1.807, 2.05) is 0 Å². The molecule has 1 aliphatic carbocycles. The third-order valence-electron chi connectivity index (χ3n) is 3.88. The summed E-state index contributed by atoms with van der Waals surface area (Å²) in [5, 5.41) is 24.4. The van der Waals surface area contributed by atoms with Gasteiger partial charge in [0.05, 0.1) is 10.8 Å². The number of thiazole rings is 1. The molecular formula is C15H13N3O5S. The summed E-state index contributed by atoms with van der Waals surface area (Å²) in [6, 6.07) is 5.81. The number of non-ortho nitro benzene ring substituents is 1. The number of carbonyl (C=O) groups is 2. The second-order valence-corrected chi connectivity index (χ2v) is 6.38. The average molecular weight is 347 g/mol. The Labute approximate surface area is 140 Å². The summed E-state index contributed by atoms with van der Waals surface area (Å²) < 4.78 is 0. The Balaban J connectivity index is 1.64. The van der Waals surface area contributed by atoms with Crippen molar-refractivity contribution < 1.29 is 19.6 Å². The normalized spacial score (nSPS) is 19.3. The highest BCUT2D eigenvalue weighted by atomic mass is 32.1. The first-order valence-electron chi connectivity index (χ1n) is 7.18. The molecule has 0 atom stereocenters. The zero-order valence-corrected chi connectivity index (χ0v) is 13.2. The molecule has 2 N–H and O–H groups in total. The van der Waals surface area contributed by atoms with Crippen LogP contribution in [0, 0.1) is 16.0 Å². The van der Waals surface area contributed by atoms with Gasteiger partial charge in [0, 0.05) is 29.1 Å². The fourth-order valence-corrected chi connectivity index (χ4v) is 3.24. The highest BCUT2D eigenvalue weighted by Gasteiger charge is 2.35. The van der Waals surface area contributed by atoms with Crippen LogP contribution in [0.2, 0.25) is 0 Å². The van der Waals surface area contributed by atoms with Gasteiger partial charge in [-0.3, -0.25) is 19.7 Å². The van der Waals surface area contributed by atoms with Gasteiger partial charge in [-0.25, -0.2) is 4.98 Å². The molecule has 2 aromatic rings. The lowest BCUT2D eigenvalue weighted by molar-refractivity contribution is -0.384. The van der Waals surface area contributed by atoms with Crippen molar-refractivity contribution >= 4 is 28.9 Å². The monoisotopic (exact) mass is 347 g/mol. The smallest absolute Gasteiger partial charge is 0.306 e. The Hall–Kier alpha value is -2.81. The fourth-order valence-electron chi connectivity index (χ4n) is 2.43. The third-order valence-corrected chi connectivity index (χ3v) is 4.78. The standard InChI is InChI=1S/C15H13N3O5S/c19-13(16-10-5-9(6-10)15(20)21)12-7-24-14(17-12)8-1-3-11(4-2-8)18(22)23/h1-4,7,9-10H,5-6H2,(H,16,19)(H,20,21). The van der Waals surface area contributed by atoms with Crippen molar-refractivity contribution in [3.05, 3.63) is 45.5 Å². The first kappa shape index (κ1) is 16.1. The summed E-state index contributed by atoms with van der Waals surface area (Å²) >= 11 is 1.27. The number of nitrogens with one attached hydrogen (secondary N) is 1. The molecule has 0 spiro atoms. The number of carboxylic acids is 1. The molecule has 24 heavy (non-hydrogen) atoms. The summed E-state index contributed by atoms with van der Waals surface area (Å²) in [5.41, 5.74) is 0.942. The third kappa shape index (κ3) is 3.25. The number of nitro benzene ring substituents is 1. The Bertz CT molecular complexity index is 796. The van der Waals surface area contributed by atoms with Crippen LogP contribution in [0.5, 0.6) is 0 Å². The predicted molar refractivity (Wildman–Crippen MR) is 85.8 cm³/mol. The zero-order valence-electron chi connectivity index (χ0n) is 12.3. The van der Waals surface area contributed by atoms with E-state index < -0.39 is 10.9 Å². The molecule has 8 nitrogen and oxygen atoms in total. The zero-order chi connectivity index (χ0) is 17.3. The first-order valence-corrected chi connectivity index (χ1v) is 8.06. The van der Waals surface area contributed by atoms with Crippen LogP contribution in [0.3, 0.4) is 0 Å². The largest absolute Gasteiger partial charge is 0.481 e. The van der Waals surface area contributed by atoms with Crippen LogP contribution in [0.25, 0.3) is 10.6 Å². The molecule has 3 rings (SSSR count). The van der Waals surface area contributed by atoms with Gasteiger partial charge in [0.15, 0.2) is 0 Å². The molecule has 1 aromatic carbocycles. The van der Waals surface area contributed by atoms with Gasteiger partial charge in [-0.1, -0.05) is 0 Å². The number of carbonyl (C=O) groups excluding carboxylic acids is 1. The number of aromatic nitrogens is 1. The molecule has 0 saturated heterocycles. The van der Waals surface area contributed by atoms with Crippen LogP contribution in [0.1, 0.15) is 23.3 Å². The Morgan fingerprint density at radius 3 is 2.54 bits per heavy atom. The number of rotatable bonds is 5. The maximum Gasteiger partial charge on any atom is 0.306 e. The number of hydrogen-bond donors (Lipinski definition) is 2. The Morgan fingerprint density at radius 2 is 1.96 bits per heavy atom. The van der Waals surface area contributed by atoms with Crippen LogP contribution < -0.4 is 5.32 Å². The molecule has 1 fully saturated rings. The van der Waals surface area contributed by atoms with Gasteiger partial charge in [-0.05, 0) is 25.0 Å². The minimum atomic E-state index is -0.838. The number of hydrogen-bond acceptors (Lipinski definition) is 6. The molecule has 0 aliphatic heterocycles. The number of nitrogens with zero attached hydrogens (tertiary/aromatic N) is 2. The molecule has 1 aromatic heterocycles. The van der Waals surface area contributed by atoms with E-state index in [4.69, 9.17) is 5.11 Å². The second kappa shape index (κ2) is 6.36. The lowest BCUT2D eigenvalue weighted by Crippen LogP contribution is -2.46. The number of aliphatic carboxylic acids is 1. The van der Waals surface area contributed by atoms with Crippen LogP contribution in [-0.2, 0) is 4.79 Å². The van der Waals surface area contributed by atoms with E-state index in [2.05, 4.69) is 10.3 Å².